The lowest BCUT2D eigenvalue weighted by atomic mass is 10.1. The quantitative estimate of drug-likeness (QED) is 0.480. The molecule has 1 N–H and O–H groups in total. The van der Waals surface area contributed by atoms with Crippen LogP contribution >= 0.6 is 0 Å². The second kappa shape index (κ2) is 9.67. The molecular formula is C25H26N6O2. The number of benzene rings is 1. The molecule has 8 nitrogen and oxygen atoms in total. The van der Waals surface area contributed by atoms with Gasteiger partial charge in [-0.05, 0) is 37.2 Å². The van der Waals surface area contributed by atoms with Crippen LogP contribution < -0.4 is 15.8 Å². The van der Waals surface area contributed by atoms with Gasteiger partial charge in [-0.25, -0.2) is 4.98 Å². The molecule has 1 saturated heterocycles. The van der Waals surface area contributed by atoms with E-state index >= 15 is 0 Å². The first-order valence-electron chi connectivity index (χ1n) is 10.9. The highest BCUT2D eigenvalue weighted by Gasteiger charge is 2.22. The third-order valence-electron chi connectivity index (χ3n) is 5.82. The number of hydrogen-bond donors (Lipinski definition) is 1. The lowest BCUT2D eigenvalue weighted by Gasteiger charge is -2.34. The van der Waals surface area contributed by atoms with E-state index in [4.69, 9.17) is 4.98 Å². The Morgan fingerprint density at radius 3 is 2.58 bits per heavy atom. The van der Waals surface area contributed by atoms with Crippen molar-refractivity contribution in [3.8, 4) is 6.07 Å². The van der Waals surface area contributed by atoms with Crippen LogP contribution in [0.1, 0.15) is 16.7 Å². The Morgan fingerprint density at radius 1 is 1.15 bits per heavy atom. The van der Waals surface area contributed by atoms with Gasteiger partial charge in [0.05, 0.1) is 5.56 Å². The number of aryl methyl sites for hydroxylation is 1. The zero-order valence-corrected chi connectivity index (χ0v) is 18.8. The van der Waals surface area contributed by atoms with Gasteiger partial charge in [-0.15, -0.1) is 0 Å². The first-order chi connectivity index (χ1) is 16.0. The molecule has 1 aliphatic heterocycles. The van der Waals surface area contributed by atoms with Crippen LogP contribution in [0.15, 0.2) is 59.0 Å². The highest BCUT2D eigenvalue weighted by molar-refractivity contribution is 6.02. The Hall–Kier alpha value is -3.96. The van der Waals surface area contributed by atoms with Crippen molar-refractivity contribution in [2.24, 2.45) is 0 Å². The number of nitriles is 1. The van der Waals surface area contributed by atoms with Crippen LogP contribution in [-0.2, 0) is 11.3 Å². The van der Waals surface area contributed by atoms with E-state index in [2.05, 4.69) is 22.2 Å². The van der Waals surface area contributed by atoms with Gasteiger partial charge in [-0.2, -0.15) is 5.26 Å². The van der Waals surface area contributed by atoms with Gasteiger partial charge in [0.15, 0.2) is 0 Å². The Kier molecular flexibility index (Phi) is 6.52. The van der Waals surface area contributed by atoms with Crippen LogP contribution in [0.5, 0.6) is 0 Å². The zero-order chi connectivity index (χ0) is 23.4. The molecule has 1 fully saturated rings. The summed E-state index contributed by atoms with van der Waals surface area (Å²) in [6, 6.07) is 15.1. The summed E-state index contributed by atoms with van der Waals surface area (Å²) in [5.41, 5.74) is 2.18. The van der Waals surface area contributed by atoms with E-state index in [0.717, 1.165) is 24.2 Å². The Labute approximate surface area is 192 Å². The number of rotatable bonds is 5. The molecule has 3 heterocycles. The highest BCUT2D eigenvalue weighted by atomic mass is 16.1. The summed E-state index contributed by atoms with van der Waals surface area (Å²) in [6.45, 7) is 5.27. The maximum atomic E-state index is 13.5. The molecule has 4 rings (SSSR count). The second-order valence-corrected chi connectivity index (χ2v) is 8.17. The second-order valence-electron chi connectivity index (χ2n) is 8.17. The molecule has 2 aromatic heterocycles. The van der Waals surface area contributed by atoms with Gasteiger partial charge in [0, 0.05) is 38.9 Å². The molecule has 8 heteroatoms. The number of carbonyl (C=O) groups is 1. The molecular weight excluding hydrogens is 416 g/mol. The molecule has 0 spiro atoms. The largest absolute Gasteiger partial charge is 0.353 e. The van der Waals surface area contributed by atoms with Crippen LogP contribution in [0.3, 0.4) is 0 Å². The Morgan fingerprint density at radius 2 is 1.88 bits per heavy atom. The number of fused-ring (bicyclic) bond motifs is 1. The van der Waals surface area contributed by atoms with Crippen molar-refractivity contribution in [1.29, 1.82) is 5.26 Å². The molecule has 168 valence electrons. The molecule has 3 aromatic rings. The van der Waals surface area contributed by atoms with Crippen LogP contribution in [0, 0.1) is 18.3 Å². The van der Waals surface area contributed by atoms with Gasteiger partial charge in [-0.3, -0.25) is 14.0 Å². The van der Waals surface area contributed by atoms with Crippen molar-refractivity contribution >= 4 is 23.4 Å². The van der Waals surface area contributed by atoms with E-state index in [1.54, 1.807) is 12.3 Å². The monoisotopic (exact) mass is 442 g/mol. The average molecular weight is 443 g/mol. The van der Waals surface area contributed by atoms with Crippen molar-refractivity contribution in [1.82, 2.24) is 19.6 Å². The van der Waals surface area contributed by atoms with Gasteiger partial charge in [0.1, 0.15) is 23.1 Å². The summed E-state index contributed by atoms with van der Waals surface area (Å²) < 4.78 is 1.47. The summed E-state index contributed by atoms with van der Waals surface area (Å²) in [4.78, 5) is 35.3. The first-order valence-corrected chi connectivity index (χ1v) is 10.9. The Balaban J connectivity index is 1.75. The predicted octanol–water partition coefficient (Wildman–Crippen LogP) is 1.98. The third-order valence-corrected chi connectivity index (χ3v) is 5.82. The normalized spacial score (nSPS) is 14.8. The minimum absolute atomic E-state index is 0.132. The standard InChI is InChI=1S/C25H26N6O2/c1-18-7-6-10-31-22(18)28-23(30-13-11-29(2)12-14-30)21(25(31)33)15-20(16-26)24(32)27-17-19-8-4-3-5-9-19/h3-10,15H,11-14,17H2,1-2H3,(H,27,32). The molecule has 0 saturated carbocycles. The van der Waals surface area contributed by atoms with Gasteiger partial charge >= 0.3 is 0 Å². The SMILES string of the molecule is Cc1cccn2c(=O)c(C=C(C#N)C(=O)NCc3ccccc3)c(N3CCN(C)CC3)nc12. The van der Waals surface area contributed by atoms with Crippen LogP contribution in [0.2, 0.25) is 0 Å². The lowest BCUT2D eigenvalue weighted by molar-refractivity contribution is -0.117. The number of anilines is 1. The van der Waals surface area contributed by atoms with Gasteiger partial charge in [0.2, 0.25) is 0 Å². The minimum atomic E-state index is -0.528. The summed E-state index contributed by atoms with van der Waals surface area (Å²) in [5.74, 6) is -0.0228. The number of aromatic nitrogens is 2. The summed E-state index contributed by atoms with van der Waals surface area (Å²) in [7, 11) is 2.05. The van der Waals surface area contributed by atoms with Crippen LogP contribution in [0.25, 0.3) is 11.7 Å². The van der Waals surface area contributed by atoms with E-state index in [9.17, 15) is 14.9 Å². The zero-order valence-electron chi connectivity index (χ0n) is 18.8. The molecule has 1 amide bonds. The summed E-state index contributed by atoms with van der Waals surface area (Å²) >= 11 is 0. The van der Waals surface area contributed by atoms with Crippen molar-refractivity contribution in [3.63, 3.8) is 0 Å². The molecule has 0 atom stereocenters. The average Bonchev–Trinajstić information content (AvgIpc) is 2.83. The van der Waals surface area contributed by atoms with Crippen LogP contribution in [-0.4, -0.2) is 53.4 Å². The maximum absolute atomic E-state index is 13.5. The maximum Gasteiger partial charge on any atom is 0.267 e. The fourth-order valence-electron chi connectivity index (χ4n) is 3.85. The van der Waals surface area contributed by atoms with Crippen molar-refractivity contribution in [2.45, 2.75) is 13.5 Å². The van der Waals surface area contributed by atoms with E-state index in [1.807, 2.05) is 49.4 Å². The van der Waals surface area contributed by atoms with Crippen molar-refractivity contribution < 1.29 is 4.79 Å². The fourth-order valence-corrected chi connectivity index (χ4v) is 3.85. The van der Waals surface area contributed by atoms with E-state index in [-0.39, 0.29) is 23.2 Å². The van der Waals surface area contributed by atoms with Crippen LogP contribution in [0.4, 0.5) is 5.82 Å². The van der Waals surface area contributed by atoms with Crippen molar-refractivity contribution in [2.75, 3.05) is 38.1 Å². The fraction of sp³-hybridized carbons (Fsp3) is 0.280. The number of nitrogens with zero attached hydrogens (tertiary/aromatic N) is 5. The van der Waals surface area contributed by atoms with Crippen molar-refractivity contribution in [3.05, 3.63) is 81.3 Å². The van der Waals surface area contributed by atoms with E-state index in [0.29, 0.717) is 24.6 Å². The number of piperazine rings is 1. The molecule has 0 unspecified atom stereocenters. The number of hydrogen-bond acceptors (Lipinski definition) is 6. The first kappa shape index (κ1) is 22.2. The van der Waals surface area contributed by atoms with E-state index < -0.39 is 5.91 Å². The highest BCUT2D eigenvalue weighted by Crippen LogP contribution is 2.21. The molecule has 1 aliphatic rings. The molecule has 0 bridgehead atoms. The smallest absolute Gasteiger partial charge is 0.267 e. The van der Waals surface area contributed by atoms with Gasteiger partial charge in [-0.1, -0.05) is 36.4 Å². The third kappa shape index (κ3) is 4.78. The molecule has 1 aromatic carbocycles. The Bertz CT molecular complexity index is 1300. The minimum Gasteiger partial charge on any atom is -0.353 e. The topological polar surface area (TPSA) is 93.7 Å². The van der Waals surface area contributed by atoms with E-state index in [1.165, 1.54) is 10.5 Å². The molecule has 0 aliphatic carbocycles. The number of likely N-dealkylation sites (N-methyl/N-ethyl adjacent to an activating group) is 1. The van der Waals surface area contributed by atoms with Gasteiger partial charge < -0.3 is 15.1 Å². The number of nitrogens with one attached hydrogen (secondary N) is 1. The van der Waals surface area contributed by atoms with Gasteiger partial charge in [0.25, 0.3) is 11.5 Å². The summed E-state index contributed by atoms with van der Waals surface area (Å²) in [6.07, 6.45) is 3.03. The predicted molar refractivity (Wildman–Crippen MR) is 128 cm³/mol. The lowest BCUT2D eigenvalue weighted by Crippen LogP contribution is -2.45. The molecule has 33 heavy (non-hydrogen) atoms. The molecule has 0 radical (unpaired) electrons. The summed E-state index contributed by atoms with van der Waals surface area (Å²) in [5, 5.41) is 12.5. The number of carbonyl (C=O) groups excluding carboxylic acids is 1. The number of amides is 1. The number of pyridine rings is 1.